The van der Waals surface area contributed by atoms with Crippen LogP contribution in [-0.4, -0.2) is 48.2 Å². The van der Waals surface area contributed by atoms with Gasteiger partial charge in [0.25, 0.3) is 0 Å². The van der Waals surface area contributed by atoms with Crippen LogP contribution in [-0.2, 0) is 75.4 Å². The predicted octanol–water partition coefficient (Wildman–Crippen LogP) is 1.26. The van der Waals surface area contributed by atoms with Crippen LogP contribution in [0.25, 0.3) is 22.1 Å². The molecule has 2 N–H and O–H groups in total. The summed E-state index contributed by atoms with van der Waals surface area (Å²) < 4.78 is 6.46. The van der Waals surface area contributed by atoms with Gasteiger partial charge in [-0.25, -0.2) is 9.59 Å². The van der Waals surface area contributed by atoms with Crippen molar-refractivity contribution in [3.05, 3.63) is 67.4 Å². The molecule has 4 heterocycles. The molecule has 232 valence electrons. The third-order valence-electron chi connectivity index (χ3n) is 7.36. The first kappa shape index (κ1) is 37.4. The van der Waals surface area contributed by atoms with Gasteiger partial charge in [-0.2, -0.15) is 9.90 Å². The zero-order chi connectivity index (χ0) is 29.6. The molecule has 6 rings (SSSR count). The van der Waals surface area contributed by atoms with E-state index < -0.39 is 23.9 Å². The number of fused-ring (bicyclic) bond motifs is 2. The summed E-state index contributed by atoms with van der Waals surface area (Å²) in [5.41, 5.74) is 2.17. The molecule has 2 aromatic carbocycles. The van der Waals surface area contributed by atoms with E-state index in [2.05, 4.69) is 26.6 Å². The Morgan fingerprint density at radius 2 is 1.16 bits per heavy atom. The molecule has 0 saturated carbocycles. The van der Waals surface area contributed by atoms with Crippen LogP contribution in [0.2, 0.25) is 0 Å². The maximum absolute atomic E-state index is 12.4. The molecule has 2 fully saturated rings. The van der Waals surface area contributed by atoms with Crippen molar-refractivity contribution >= 4 is 77.8 Å². The van der Waals surface area contributed by atoms with Crippen LogP contribution in [0.3, 0.4) is 0 Å². The standard InChI is InChI=1S/C14H13N3O4.C13H12BrN3O3.H3P.2W/c1-16-12-8(7-18)3-2-4-9(12)17(14(16)21)10-5-6-11(19)15-13(10)20;1-16-11-7(14)3-2-4-8(11)17(13(16)20)9-5-6-10(18)15-12(9)19;;;/h2-4,7,10H,5-6H2,1H3,(H,15,19,20);2-4,9H,5-6H2,1H3,(H,15,18,19);1H3;;. The summed E-state index contributed by atoms with van der Waals surface area (Å²) in [7, 11) is 3.22. The predicted molar refractivity (Wildman–Crippen MR) is 161 cm³/mol. The van der Waals surface area contributed by atoms with Crippen molar-refractivity contribution in [2.45, 2.75) is 37.8 Å². The minimum Gasteiger partial charge on any atom is -0.298 e. The van der Waals surface area contributed by atoms with Gasteiger partial charge in [0, 0.05) is 79.1 Å². The Hall–Kier alpha value is -2.78. The van der Waals surface area contributed by atoms with Crippen molar-refractivity contribution in [2.75, 3.05) is 0 Å². The normalized spacial score (nSPS) is 17.8. The number of rotatable bonds is 3. The summed E-state index contributed by atoms with van der Waals surface area (Å²) in [6.07, 6.45) is 1.72. The maximum atomic E-state index is 12.4. The number of carbonyl (C=O) groups is 5. The van der Waals surface area contributed by atoms with E-state index in [0.717, 1.165) is 9.99 Å². The average molecular weight is 1030 g/mol. The Morgan fingerprint density at radius 3 is 1.61 bits per heavy atom. The number of aldehydes is 1. The fourth-order valence-electron chi connectivity index (χ4n) is 5.41. The summed E-state index contributed by atoms with van der Waals surface area (Å²) in [5.74, 6) is -1.54. The second-order valence-corrected chi connectivity index (χ2v) is 10.7. The Labute approximate surface area is 290 Å². The molecule has 2 aromatic heterocycles. The van der Waals surface area contributed by atoms with Crippen molar-refractivity contribution in [1.29, 1.82) is 0 Å². The van der Waals surface area contributed by atoms with Crippen LogP contribution in [0.1, 0.15) is 48.1 Å². The molecule has 2 saturated heterocycles. The summed E-state index contributed by atoms with van der Waals surface area (Å²) in [6.45, 7) is 0. The number of nitrogens with zero attached hydrogens (tertiary/aromatic N) is 4. The van der Waals surface area contributed by atoms with Crippen LogP contribution in [0.4, 0.5) is 0 Å². The number of para-hydroxylation sites is 2. The van der Waals surface area contributed by atoms with Gasteiger partial charge in [-0.3, -0.25) is 52.9 Å². The maximum Gasteiger partial charge on any atom is 0.329 e. The molecule has 4 aromatic rings. The Morgan fingerprint density at radius 1 is 0.727 bits per heavy atom. The molecule has 13 nitrogen and oxygen atoms in total. The quantitative estimate of drug-likeness (QED) is 0.178. The van der Waals surface area contributed by atoms with Gasteiger partial charge < -0.3 is 0 Å². The number of aryl methyl sites for hydroxylation is 2. The number of benzene rings is 2. The summed E-state index contributed by atoms with van der Waals surface area (Å²) >= 11 is 3.42. The first-order valence-corrected chi connectivity index (χ1v) is 13.5. The Bertz CT molecular complexity index is 1910. The van der Waals surface area contributed by atoms with E-state index in [1.165, 1.54) is 18.3 Å². The van der Waals surface area contributed by atoms with Crippen molar-refractivity contribution < 1.29 is 66.1 Å². The van der Waals surface area contributed by atoms with E-state index in [4.69, 9.17) is 0 Å². The van der Waals surface area contributed by atoms with E-state index in [1.54, 1.807) is 38.4 Å². The zero-order valence-corrected chi connectivity index (χ0v) is 32.4. The van der Waals surface area contributed by atoms with E-state index in [9.17, 15) is 33.6 Å². The third-order valence-corrected chi connectivity index (χ3v) is 8.00. The van der Waals surface area contributed by atoms with Gasteiger partial charge in [0.15, 0.2) is 6.29 Å². The fourth-order valence-corrected chi connectivity index (χ4v) is 6.04. The van der Waals surface area contributed by atoms with Crippen molar-refractivity contribution in [3.63, 3.8) is 0 Å². The second-order valence-electron chi connectivity index (χ2n) is 9.80. The number of hydrogen-bond donors (Lipinski definition) is 2. The zero-order valence-electron chi connectivity index (χ0n) is 23.6. The number of carbonyl (C=O) groups excluding carboxylic acids is 5. The van der Waals surface area contributed by atoms with Crippen LogP contribution < -0.4 is 22.0 Å². The van der Waals surface area contributed by atoms with Crippen LogP contribution >= 0.6 is 25.8 Å². The molecule has 0 bridgehead atoms. The largest absolute Gasteiger partial charge is 0.329 e. The van der Waals surface area contributed by atoms with E-state index >= 15 is 0 Å². The summed E-state index contributed by atoms with van der Waals surface area (Å²) in [4.78, 5) is 82.4. The average Bonchev–Trinajstić information content (AvgIpc) is 3.34. The van der Waals surface area contributed by atoms with Gasteiger partial charge in [-0.05, 0) is 53.0 Å². The number of aromatic nitrogens is 4. The SMILES string of the molecule is Cn1c(=O)n(C2CCC(=O)NC2=O)c2cccc(Br)c21.Cn1c(=O)n(C2CCC(=O)NC2=O)c2cccc(C=O)c21.P.[W].[W]. The molecule has 0 radical (unpaired) electrons. The van der Waals surface area contributed by atoms with Gasteiger partial charge in [-0.15, -0.1) is 0 Å². The Kier molecular flexibility index (Phi) is 12.8. The smallest absolute Gasteiger partial charge is 0.298 e. The Balaban J connectivity index is 0.000000287. The minimum absolute atomic E-state index is 0. The molecule has 2 aliphatic rings. The van der Waals surface area contributed by atoms with E-state index in [-0.39, 0.29) is 94.5 Å². The monoisotopic (exact) mass is 1030 g/mol. The van der Waals surface area contributed by atoms with Crippen LogP contribution in [0.15, 0.2) is 50.5 Å². The van der Waals surface area contributed by atoms with Crippen LogP contribution in [0.5, 0.6) is 0 Å². The van der Waals surface area contributed by atoms with E-state index in [1.807, 2.05) is 12.1 Å². The molecular formula is C27H28BrN6O7PW2. The number of halogens is 1. The minimum atomic E-state index is -0.735. The van der Waals surface area contributed by atoms with Gasteiger partial charge in [0.2, 0.25) is 23.6 Å². The second kappa shape index (κ2) is 15.0. The van der Waals surface area contributed by atoms with Gasteiger partial charge >= 0.3 is 11.4 Å². The molecule has 44 heavy (non-hydrogen) atoms. The number of hydrogen-bond acceptors (Lipinski definition) is 7. The third kappa shape index (κ3) is 6.59. The molecule has 0 spiro atoms. The van der Waals surface area contributed by atoms with Crippen molar-refractivity contribution in [2.24, 2.45) is 14.1 Å². The first-order chi connectivity index (χ1) is 19.5. The molecule has 4 amide bonds. The van der Waals surface area contributed by atoms with Crippen molar-refractivity contribution in [1.82, 2.24) is 28.9 Å². The topological polar surface area (TPSA) is 163 Å². The van der Waals surface area contributed by atoms with Crippen LogP contribution in [0, 0.1) is 0 Å². The molecule has 17 heteroatoms. The number of amides is 4. The molecule has 0 aliphatic carbocycles. The molecular weight excluding hydrogens is 999 g/mol. The first-order valence-electron chi connectivity index (χ1n) is 12.7. The van der Waals surface area contributed by atoms with Gasteiger partial charge in [0.05, 0.1) is 22.1 Å². The molecule has 3 atom stereocenters. The number of piperidine rings is 2. The number of imide groups is 2. The summed E-state index contributed by atoms with van der Waals surface area (Å²) in [5, 5.41) is 4.53. The van der Waals surface area contributed by atoms with Gasteiger partial charge in [-0.1, -0.05) is 12.1 Å². The van der Waals surface area contributed by atoms with E-state index in [0.29, 0.717) is 34.8 Å². The molecule has 2 aliphatic heterocycles. The van der Waals surface area contributed by atoms with Gasteiger partial charge in [0.1, 0.15) is 12.1 Å². The summed E-state index contributed by atoms with van der Waals surface area (Å²) in [6, 6.07) is 9.04. The fraction of sp³-hybridized carbons (Fsp3) is 0.296. The van der Waals surface area contributed by atoms with Crippen molar-refractivity contribution in [3.8, 4) is 0 Å². The number of imidazole rings is 2. The molecule has 3 unspecified atom stereocenters. The number of nitrogens with one attached hydrogen (secondary N) is 2.